The summed E-state index contributed by atoms with van der Waals surface area (Å²) < 4.78 is 47.6. The molecule has 8 heteroatoms. The second-order valence-electron chi connectivity index (χ2n) is 7.01. The molecule has 1 atom stereocenters. The smallest absolute Gasteiger partial charge is 0.306 e. The van der Waals surface area contributed by atoms with Crippen LogP contribution in [-0.2, 0) is 22.0 Å². The predicted molar refractivity (Wildman–Crippen MR) is 97.8 cm³/mol. The molecule has 6 nitrogen and oxygen atoms in total. The molecule has 1 unspecified atom stereocenters. The van der Waals surface area contributed by atoms with Gasteiger partial charge < -0.3 is 8.60 Å². The maximum atomic E-state index is 14.0. The lowest BCUT2D eigenvalue weighted by molar-refractivity contribution is 0.379. The van der Waals surface area contributed by atoms with Crippen molar-refractivity contribution in [3.63, 3.8) is 0 Å². The summed E-state index contributed by atoms with van der Waals surface area (Å²) in [7, 11) is -3.90. The highest BCUT2D eigenvalue weighted by Gasteiger charge is 2.46. The molecule has 2 heterocycles. The first-order valence-corrected chi connectivity index (χ1v) is 10.5. The van der Waals surface area contributed by atoms with Gasteiger partial charge in [0.25, 0.3) is 0 Å². The van der Waals surface area contributed by atoms with Crippen molar-refractivity contribution in [2.45, 2.75) is 37.5 Å². The van der Waals surface area contributed by atoms with Gasteiger partial charge >= 0.3 is 10.1 Å². The lowest BCUT2D eigenvalue weighted by Crippen LogP contribution is -2.38. The fourth-order valence-electron chi connectivity index (χ4n) is 4.06. The summed E-state index contributed by atoms with van der Waals surface area (Å²) >= 11 is 0. The minimum Gasteiger partial charge on any atom is -0.465 e. The summed E-state index contributed by atoms with van der Waals surface area (Å²) in [5.41, 5.74) is 1.16. The zero-order valence-electron chi connectivity index (χ0n) is 14.7. The molecular formula is C19H18FNO5S. The van der Waals surface area contributed by atoms with Crippen molar-refractivity contribution < 1.29 is 21.4 Å². The molecule has 1 aromatic carbocycles. The van der Waals surface area contributed by atoms with Gasteiger partial charge in [0.1, 0.15) is 5.82 Å². The van der Waals surface area contributed by atoms with E-state index in [1.165, 1.54) is 18.4 Å². The van der Waals surface area contributed by atoms with Crippen molar-refractivity contribution in [1.82, 2.24) is 0 Å². The summed E-state index contributed by atoms with van der Waals surface area (Å²) in [6.07, 6.45) is 5.62. The molecule has 27 heavy (non-hydrogen) atoms. The lowest BCUT2D eigenvalue weighted by atomic mass is 9.66. The van der Waals surface area contributed by atoms with E-state index in [4.69, 9.17) is 8.60 Å². The van der Waals surface area contributed by atoms with E-state index in [0.717, 1.165) is 42.9 Å². The molecule has 142 valence electrons. The van der Waals surface area contributed by atoms with Gasteiger partial charge in [0.2, 0.25) is 11.2 Å². The van der Waals surface area contributed by atoms with Crippen molar-refractivity contribution in [1.29, 1.82) is 0 Å². The Morgan fingerprint density at radius 2 is 2.11 bits per heavy atom. The first-order chi connectivity index (χ1) is 12.8. The predicted octanol–water partition coefficient (Wildman–Crippen LogP) is 3.26. The van der Waals surface area contributed by atoms with Crippen molar-refractivity contribution in [2.24, 2.45) is 4.99 Å². The molecule has 0 bridgehead atoms. The molecule has 1 aromatic heterocycles. The maximum Gasteiger partial charge on any atom is 0.306 e. The quantitative estimate of drug-likeness (QED) is 0.747. The second-order valence-corrected chi connectivity index (χ2v) is 8.59. The third-order valence-electron chi connectivity index (χ3n) is 5.15. The third kappa shape index (κ3) is 3.18. The molecule has 0 amide bonds. The Morgan fingerprint density at radius 1 is 1.30 bits per heavy atom. The number of fused-ring (bicyclic) bond motifs is 3. The summed E-state index contributed by atoms with van der Waals surface area (Å²) in [5, 5.41) is 0. The van der Waals surface area contributed by atoms with Crippen LogP contribution in [0.15, 0.2) is 44.7 Å². The number of nitrogens with zero attached hydrogens (tertiary/aromatic N) is 1. The fourth-order valence-corrected chi connectivity index (χ4v) is 4.53. The third-order valence-corrected chi connectivity index (χ3v) is 5.62. The Balaban J connectivity index is 1.85. The van der Waals surface area contributed by atoms with Gasteiger partial charge in [0, 0.05) is 23.6 Å². The Kier molecular flexibility index (Phi) is 4.18. The molecule has 1 aliphatic carbocycles. The molecule has 0 N–H and O–H groups in total. The van der Waals surface area contributed by atoms with E-state index in [0.29, 0.717) is 12.1 Å². The van der Waals surface area contributed by atoms with Crippen LogP contribution in [0, 0.1) is 5.82 Å². The van der Waals surface area contributed by atoms with Crippen LogP contribution in [0.1, 0.15) is 37.0 Å². The van der Waals surface area contributed by atoms with Crippen LogP contribution < -0.4 is 9.61 Å². The normalized spacial score (nSPS) is 21.3. The molecule has 2 aliphatic rings. The van der Waals surface area contributed by atoms with E-state index in [-0.39, 0.29) is 23.7 Å². The van der Waals surface area contributed by atoms with Crippen LogP contribution in [0.2, 0.25) is 0 Å². The van der Waals surface area contributed by atoms with Crippen LogP contribution in [0.4, 0.5) is 10.1 Å². The minimum atomic E-state index is -3.90. The highest BCUT2D eigenvalue weighted by atomic mass is 32.2. The zero-order valence-corrected chi connectivity index (χ0v) is 15.5. The average molecular weight is 391 g/mol. The Morgan fingerprint density at radius 3 is 2.89 bits per heavy atom. The summed E-state index contributed by atoms with van der Waals surface area (Å²) in [4.78, 5) is 16.9. The van der Waals surface area contributed by atoms with E-state index >= 15 is 0 Å². The summed E-state index contributed by atoms with van der Waals surface area (Å²) in [6.45, 7) is 0. The Hall–Kier alpha value is -2.48. The fraction of sp³-hybridized carbons (Fsp3) is 0.368. The standard InChI is InChI=1S/C19H18FNO5S/c1-27(23,24)26-18-15(22)7-9-25-16(18)11-19-8-3-2-4-17(19)21-14-6-5-12(20)10-13(14)19/h5-7,9-10H,2-4,8,11H2,1H3. The number of benzene rings is 1. The largest absolute Gasteiger partial charge is 0.465 e. The van der Waals surface area contributed by atoms with Gasteiger partial charge in [-0.2, -0.15) is 8.42 Å². The zero-order chi connectivity index (χ0) is 19.2. The van der Waals surface area contributed by atoms with Crippen LogP contribution in [0.25, 0.3) is 0 Å². The topological polar surface area (TPSA) is 85.9 Å². The van der Waals surface area contributed by atoms with Gasteiger partial charge in [-0.05, 0) is 43.0 Å². The SMILES string of the molecule is CS(=O)(=O)Oc1c(CC23CCCCC2=Nc2ccc(F)cc23)occc1=O. The molecule has 4 rings (SSSR count). The second kappa shape index (κ2) is 6.30. The van der Waals surface area contributed by atoms with Gasteiger partial charge in [-0.1, -0.05) is 6.42 Å². The molecular weight excluding hydrogens is 373 g/mol. The molecule has 1 saturated carbocycles. The van der Waals surface area contributed by atoms with E-state index in [9.17, 15) is 17.6 Å². The van der Waals surface area contributed by atoms with E-state index < -0.39 is 21.0 Å². The van der Waals surface area contributed by atoms with Crippen LogP contribution in [0.3, 0.4) is 0 Å². The van der Waals surface area contributed by atoms with Gasteiger partial charge in [0.05, 0.1) is 18.2 Å². The van der Waals surface area contributed by atoms with Gasteiger partial charge in [-0.15, -0.1) is 0 Å². The molecule has 0 radical (unpaired) electrons. The van der Waals surface area contributed by atoms with Gasteiger partial charge in [-0.25, -0.2) is 4.39 Å². The van der Waals surface area contributed by atoms with E-state index in [1.807, 2.05) is 0 Å². The summed E-state index contributed by atoms with van der Waals surface area (Å²) in [5.74, 6) is -0.582. The Bertz CT molecular complexity index is 1110. The van der Waals surface area contributed by atoms with Gasteiger partial charge in [0.15, 0.2) is 5.76 Å². The van der Waals surface area contributed by atoms with Crippen molar-refractivity contribution in [2.75, 3.05) is 6.26 Å². The molecule has 0 spiro atoms. The number of hydrogen-bond donors (Lipinski definition) is 0. The molecule has 1 aliphatic heterocycles. The minimum absolute atomic E-state index is 0.125. The number of halogens is 1. The van der Waals surface area contributed by atoms with E-state index in [1.54, 1.807) is 6.07 Å². The first-order valence-electron chi connectivity index (χ1n) is 8.67. The first kappa shape index (κ1) is 17.9. The van der Waals surface area contributed by atoms with Crippen molar-refractivity contribution >= 4 is 21.5 Å². The highest BCUT2D eigenvalue weighted by Crippen LogP contribution is 2.49. The number of aliphatic imine (C=N–C) groups is 1. The molecule has 0 saturated heterocycles. The average Bonchev–Trinajstić information content (AvgIpc) is 2.91. The lowest BCUT2D eigenvalue weighted by Gasteiger charge is -2.35. The maximum absolute atomic E-state index is 14.0. The molecule has 2 aromatic rings. The van der Waals surface area contributed by atoms with Crippen LogP contribution >= 0.6 is 0 Å². The number of hydrogen-bond acceptors (Lipinski definition) is 6. The van der Waals surface area contributed by atoms with Crippen LogP contribution in [0.5, 0.6) is 5.75 Å². The van der Waals surface area contributed by atoms with E-state index in [2.05, 4.69) is 4.99 Å². The van der Waals surface area contributed by atoms with Crippen molar-refractivity contribution in [3.8, 4) is 5.75 Å². The molecule has 1 fully saturated rings. The Labute approximate surface area is 155 Å². The number of rotatable bonds is 4. The summed E-state index contributed by atoms with van der Waals surface area (Å²) in [6, 6.07) is 5.59. The van der Waals surface area contributed by atoms with Crippen molar-refractivity contribution in [3.05, 3.63) is 57.9 Å². The van der Waals surface area contributed by atoms with Gasteiger partial charge in [-0.3, -0.25) is 9.79 Å². The highest BCUT2D eigenvalue weighted by molar-refractivity contribution is 7.86. The van der Waals surface area contributed by atoms with Crippen LogP contribution in [-0.4, -0.2) is 20.4 Å². The monoisotopic (exact) mass is 391 g/mol.